The van der Waals surface area contributed by atoms with Crippen LogP contribution in [0.3, 0.4) is 0 Å². The van der Waals surface area contributed by atoms with E-state index in [0.29, 0.717) is 5.92 Å². The van der Waals surface area contributed by atoms with Crippen molar-refractivity contribution in [2.75, 3.05) is 0 Å². The molecule has 72 valence electrons. The second kappa shape index (κ2) is 3.35. The minimum absolute atomic E-state index is 0.0636. The van der Waals surface area contributed by atoms with Crippen molar-refractivity contribution in [1.29, 1.82) is 0 Å². The van der Waals surface area contributed by atoms with Gasteiger partial charge in [0, 0.05) is 5.92 Å². The van der Waals surface area contributed by atoms with Gasteiger partial charge in [0.2, 0.25) is 0 Å². The molecule has 1 aliphatic carbocycles. The zero-order valence-electron chi connectivity index (χ0n) is 8.25. The fourth-order valence-corrected chi connectivity index (χ4v) is 2.17. The smallest absolute Gasteiger partial charge is 0.0644 e. The SMILES string of the molecule is C[C@H]1CC[C@H](C(C)(C)O)[C@H](O)C1. The zero-order valence-corrected chi connectivity index (χ0v) is 8.25. The summed E-state index contributed by atoms with van der Waals surface area (Å²) < 4.78 is 0. The monoisotopic (exact) mass is 172 g/mol. The lowest BCUT2D eigenvalue weighted by atomic mass is 9.73. The van der Waals surface area contributed by atoms with Crippen LogP contribution in [0.4, 0.5) is 0 Å². The Hall–Kier alpha value is -0.0800. The summed E-state index contributed by atoms with van der Waals surface area (Å²) in [7, 11) is 0. The van der Waals surface area contributed by atoms with Gasteiger partial charge in [-0.2, -0.15) is 0 Å². The summed E-state index contributed by atoms with van der Waals surface area (Å²) in [4.78, 5) is 0. The summed E-state index contributed by atoms with van der Waals surface area (Å²) in [5.74, 6) is 0.673. The molecule has 2 N–H and O–H groups in total. The van der Waals surface area contributed by atoms with Crippen LogP contribution in [-0.4, -0.2) is 21.9 Å². The Bertz CT molecular complexity index is 148. The van der Waals surface area contributed by atoms with Crippen LogP contribution in [-0.2, 0) is 0 Å². The number of aliphatic hydroxyl groups is 2. The maximum Gasteiger partial charge on any atom is 0.0644 e. The summed E-state index contributed by atoms with van der Waals surface area (Å²) >= 11 is 0. The van der Waals surface area contributed by atoms with Crippen molar-refractivity contribution in [3.8, 4) is 0 Å². The molecule has 0 spiro atoms. The van der Waals surface area contributed by atoms with E-state index in [-0.39, 0.29) is 12.0 Å². The first-order valence-corrected chi connectivity index (χ1v) is 4.81. The topological polar surface area (TPSA) is 40.5 Å². The van der Waals surface area contributed by atoms with Gasteiger partial charge in [0.15, 0.2) is 0 Å². The van der Waals surface area contributed by atoms with Crippen LogP contribution in [0.1, 0.15) is 40.0 Å². The van der Waals surface area contributed by atoms with E-state index in [1.807, 2.05) is 0 Å². The molecule has 3 atom stereocenters. The van der Waals surface area contributed by atoms with Crippen LogP contribution in [0, 0.1) is 11.8 Å². The van der Waals surface area contributed by atoms with Gasteiger partial charge in [-0.1, -0.05) is 13.3 Å². The number of hydrogen-bond donors (Lipinski definition) is 2. The largest absolute Gasteiger partial charge is 0.393 e. The third kappa shape index (κ3) is 2.20. The van der Waals surface area contributed by atoms with Gasteiger partial charge in [0.05, 0.1) is 11.7 Å². The van der Waals surface area contributed by atoms with Crippen molar-refractivity contribution in [2.45, 2.75) is 51.7 Å². The van der Waals surface area contributed by atoms with Crippen LogP contribution in [0.5, 0.6) is 0 Å². The third-order valence-corrected chi connectivity index (χ3v) is 2.99. The molecule has 0 bridgehead atoms. The molecule has 0 radical (unpaired) electrons. The van der Waals surface area contributed by atoms with Gasteiger partial charge in [0.25, 0.3) is 0 Å². The molecule has 12 heavy (non-hydrogen) atoms. The molecule has 1 saturated carbocycles. The average molecular weight is 172 g/mol. The summed E-state index contributed by atoms with van der Waals surface area (Å²) in [5.41, 5.74) is -0.723. The van der Waals surface area contributed by atoms with Crippen LogP contribution in [0.15, 0.2) is 0 Å². The minimum atomic E-state index is -0.723. The first-order valence-electron chi connectivity index (χ1n) is 4.81. The molecular weight excluding hydrogens is 152 g/mol. The van der Waals surface area contributed by atoms with Crippen molar-refractivity contribution in [1.82, 2.24) is 0 Å². The fraction of sp³-hybridized carbons (Fsp3) is 1.00. The van der Waals surface area contributed by atoms with Gasteiger partial charge in [-0.15, -0.1) is 0 Å². The number of hydrogen-bond acceptors (Lipinski definition) is 2. The van der Waals surface area contributed by atoms with Gasteiger partial charge >= 0.3 is 0 Å². The lowest BCUT2D eigenvalue weighted by molar-refractivity contribution is -0.0730. The van der Waals surface area contributed by atoms with E-state index in [2.05, 4.69) is 6.92 Å². The lowest BCUT2D eigenvalue weighted by Gasteiger charge is -2.38. The Kier molecular flexibility index (Phi) is 2.79. The molecule has 0 aromatic heterocycles. The molecule has 1 rings (SSSR count). The quantitative estimate of drug-likeness (QED) is 0.630. The van der Waals surface area contributed by atoms with Gasteiger partial charge in [-0.25, -0.2) is 0 Å². The summed E-state index contributed by atoms with van der Waals surface area (Å²) in [6.07, 6.45) is 2.61. The van der Waals surface area contributed by atoms with Crippen LogP contribution in [0.25, 0.3) is 0 Å². The molecule has 0 heterocycles. The molecule has 0 amide bonds. The molecule has 0 aromatic carbocycles. The predicted octanol–water partition coefficient (Wildman–Crippen LogP) is 1.55. The van der Waals surface area contributed by atoms with Crippen molar-refractivity contribution < 1.29 is 10.2 Å². The number of rotatable bonds is 1. The maximum atomic E-state index is 9.74. The van der Waals surface area contributed by atoms with Crippen molar-refractivity contribution in [3.63, 3.8) is 0 Å². The van der Waals surface area contributed by atoms with Crippen molar-refractivity contribution >= 4 is 0 Å². The predicted molar refractivity (Wildman–Crippen MR) is 48.8 cm³/mol. The Labute approximate surface area is 74.6 Å². The molecule has 0 aromatic rings. The highest BCUT2D eigenvalue weighted by atomic mass is 16.3. The number of aliphatic hydroxyl groups excluding tert-OH is 1. The Morgan fingerprint density at radius 2 is 1.83 bits per heavy atom. The Balaban J connectivity index is 2.57. The van der Waals surface area contributed by atoms with E-state index in [0.717, 1.165) is 19.3 Å². The summed E-state index contributed by atoms with van der Waals surface area (Å²) in [6.45, 7) is 5.73. The van der Waals surface area contributed by atoms with Gasteiger partial charge in [0.1, 0.15) is 0 Å². The van der Waals surface area contributed by atoms with E-state index in [1.54, 1.807) is 13.8 Å². The highest BCUT2D eigenvalue weighted by Gasteiger charge is 2.36. The normalized spacial score (nSPS) is 38.2. The summed E-state index contributed by atoms with van der Waals surface area (Å²) in [5, 5.41) is 19.5. The third-order valence-electron chi connectivity index (χ3n) is 2.99. The van der Waals surface area contributed by atoms with E-state index in [1.165, 1.54) is 0 Å². The van der Waals surface area contributed by atoms with Gasteiger partial charge in [-0.05, 0) is 32.6 Å². The standard InChI is InChI=1S/C10H20O2/c1-7-4-5-8(9(11)6-7)10(2,3)12/h7-9,11-12H,4-6H2,1-3H3/t7-,8-,9+/m0/s1. The molecule has 0 aliphatic heterocycles. The second-order valence-electron chi connectivity index (χ2n) is 4.75. The molecule has 0 unspecified atom stereocenters. The summed E-state index contributed by atoms with van der Waals surface area (Å²) in [6, 6.07) is 0. The van der Waals surface area contributed by atoms with Crippen LogP contribution >= 0.6 is 0 Å². The van der Waals surface area contributed by atoms with Crippen LogP contribution in [0.2, 0.25) is 0 Å². The first kappa shape index (κ1) is 10.0. The van der Waals surface area contributed by atoms with Crippen molar-refractivity contribution in [2.24, 2.45) is 11.8 Å². The van der Waals surface area contributed by atoms with E-state index in [4.69, 9.17) is 0 Å². The average Bonchev–Trinajstić information content (AvgIpc) is 1.83. The highest BCUT2D eigenvalue weighted by molar-refractivity contribution is 4.87. The van der Waals surface area contributed by atoms with E-state index in [9.17, 15) is 10.2 Å². The Morgan fingerprint density at radius 1 is 1.25 bits per heavy atom. The molecule has 1 fully saturated rings. The highest BCUT2D eigenvalue weighted by Crippen LogP contribution is 2.35. The first-order chi connectivity index (χ1) is 5.41. The van der Waals surface area contributed by atoms with Crippen LogP contribution < -0.4 is 0 Å². The van der Waals surface area contributed by atoms with Gasteiger partial charge in [-0.3, -0.25) is 0 Å². The second-order valence-corrected chi connectivity index (χ2v) is 4.75. The molecule has 2 nitrogen and oxygen atoms in total. The van der Waals surface area contributed by atoms with E-state index >= 15 is 0 Å². The van der Waals surface area contributed by atoms with Gasteiger partial charge < -0.3 is 10.2 Å². The maximum absolute atomic E-state index is 9.74. The molecule has 1 aliphatic rings. The Morgan fingerprint density at radius 3 is 2.25 bits per heavy atom. The molecule has 0 saturated heterocycles. The molecule has 2 heteroatoms. The lowest BCUT2D eigenvalue weighted by Crippen LogP contribution is -2.42. The fourth-order valence-electron chi connectivity index (χ4n) is 2.17. The van der Waals surface area contributed by atoms with E-state index < -0.39 is 5.60 Å². The molecular formula is C10H20O2. The minimum Gasteiger partial charge on any atom is -0.393 e. The van der Waals surface area contributed by atoms with Crippen molar-refractivity contribution in [3.05, 3.63) is 0 Å². The zero-order chi connectivity index (χ0) is 9.35.